The lowest BCUT2D eigenvalue weighted by molar-refractivity contribution is -0.481. The molecule has 0 aliphatic rings. The van der Waals surface area contributed by atoms with E-state index in [4.69, 9.17) is 4.74 Å². The molecule has 0 bridgehead atoms. The normalized spacial score (nSPS) is 12.0. The number of fused-ring (bicyclic) bond motifs is 1. The molecule has 0 spiro atoms. The molecule has 146 valence electrons. The van der Waals surface area contributed by atoms with Crippen LogP contribution < -0.4 is 4.74 Å². The van der Waals surface area contributed by atoms with Gasteiger partial charge < -0.3 is 9.72 Å². The highest BCUT2D eigenvalue weighted by Crippen LogP contribution is 2.37. The maximum Gasteiger partial charge on any atom is 0.214 e. The molecule has 29 heavy (non-hydrogen) atoms. The maximum atomic E-state index is 11.5. The van der Waals surface area contributed by atoms with Crippen molar-refractivity contribution < 1.29 is 9.66 Å². The van der Waals surface area contributed by atoms with Crippen LogP contribution in [0.2, 0.25) is 0 Å². The standard InChI is InChI=1S/C23H19BrN2O3/c24-17-10-11-23(29-15-16-6-2-1-3-7-16)19(12-17)21(14-26(27)28)20-13-25-22-9-5-4-8-18(20)22/h1-13,21,25H,14-15H2/t21-/m0/s1. The van der Waals surface area contributed by atoms with E-state index in [9.17, 15) is 10.1 Å². The minimum Gasteiger partial charge on any atom is -0.489 e. The van der Waals surface area contributed by atoms with E-state index >= 15 is 0 Å². The summed E-state index contributed by atoms with van der Waals surface area (Å²) in [5.74, 6) is 0.207. The predicted molar refractivity (Wildman–Crippen MR) is 117 cm³/mol. The molecular formula is C23H19BrN2O3. The second-order valence-corrected chi connectivity index (χ2v) is 7.73. The number of para-hydroxylation sites is 1. The molecule has 0 unspecified atom stereocenters. The van der Waals surface area contributed by atoms with E-state index in [1.807, 2.05) is 79.0 Å². The number of benzene rings is 3. The molecule has 0 amide bonds. The van der Waals surface area contributed by atoms with E-state index in [2.05, 4.69) is 20.9 Å². The quantitative estimate of drug-likeness (QED) is 0.280. The Morgan fingerprint density at radius 3 is 2.55 bits per heavy atom. The third kappa shape index (κ3) is 4.32. The van der Waals surface area contributed by atoms with Crippen LogP contribution in [0, 0.1) is 10.1 Å². The second kappa shape index (κ2) is 8.49. The molecule has 1 heterocycles. The summed E-state index contributed by atoms with van der Waals surface area (Å²) in [6.07, 6.45) is 1.86. The number of nitrogens with zero attached hydrogens (tertiary/aromatic N) is 1. The second-order valence-electron chi connectivity index (χ2n) is 6.81. The molecule has 1 aromatic heterocycles. The zero-order valence-corrected chi connectivity index (χ0v) is 17.1. The average molecular weight is 451 g/mol. The first kappa shape index (κ1) is 19.2. The fourth-order valence-electron chi connectivity index (χ4n) is 3.55. The van der Waals surface area contributed by atoms with Gasteiger partial charge in [0.15, 0.2) is 0 Å². The Balaban J connectivity index is 1.76. The summed E-state index contributed by atoms with van der Waals surface area (Å²) in [4.78, 5) is 14.5. The van der Waals surface area contributed by atoms with E-state index in [0.29, 0.717) is 12.4 Å². The van der Waals surface area contributed by atoms with Gasteiger partial charge in [-0.05, 0) is 35.4 Å². The highest BCUT2D eigenvalue weighted by Gasteiger charge is 2.26. The number of ether oxygens (including phenoxy) is 1. The summed E-state index contributed by atoms with van der Waals surface area (Å²) in [7, 11) is 0. The van der Waals surface area contributed by atoms with Crippen LogP contribution in [0.3, 0.4) is 0 Å². The van der Waals surface area contributed by atoms with Crippen molar-refractivity contribution in [1.82, 2.24) is 4.98 Å². The van der Waals surface area contributed by atoms with Crippen molar-refractivity contribution in [2.45, 2.75) is 12.5 Å². The fourth-order valence-corrected chi connectivity index (χ4v) is 3.93. The molecule has 3 aromatic carbocycles. The fraction of sp³-hybridized carbons (Fsp3) is 0.130. The highest BCUT2D eigenvalue weighted by molar-refractivity contribution is 9.10. The van der Waals surface area contributed by atoms with Gasteiger partial charge >= 0.3 is 0 Å². The van der Waals surface area contributed by atoms with Crippen LogP contribution in [-0.2, 0) is 6.61 Å². The van der Waals surface area contributed by atoms with Crippen molar-refractivity contribution in [3.05, 3.63) is 110 Å². The van der Waals surface area contributed by atoms with Crippen molar-refractivity contribution in [1.29, 1.82) is 0 Å². The number of hydrogen-bond acceptors (Lipinski definition) is 3. The number of H-pyrrole nitrogens is 1. The number of nitro groups is 1. The van der Waals surface area contributed by atoms with E-state index in [1.54, 1.807) is 0 Å². The van der Waals surface area contributed by atoms with Crippen LogP contribution in [0.5, 0.6) is 5.75 Å². The molecule has 4 aromatic rings. The average Bonchev–Trinajstić information content (AvgIpc) is 3.16. The zero-order chi connectivity index (χ0) is 20.2. The van der Waals surface area contributed by atoms with Crippen LogP contribution in [0.1, 0.15) is 22.6 Å². The van der Waals surface area contributed by atoms with Gasteiger partial charge in [-0.2, -0.15) is 0 Å². The minimum absolute atomic E-state index is 0.222. The van der Waals surface area contributed by atoms with Crippen molar-refractivity contribution in [2.24, 2.45) is 0 Å². The molecule has 0 saturated heterocycles. The molecule has 1 atom stereocenters. The largest absolute Gasteiger partial charge is 0.489 e. The lowest BCUT2D eigenvalue weighted by Gasteiger charge is -2.18. The van der Waals surface area contributed by atoms with E-state index in [1.165, 1.54) is 0 Å². The number of aromatic amines is 1. The molecule has 1 N–H and O–H groups in total. The Bertz CT molecular complexity index is 1140. The van der Waals surface area contributed by atoms with Crippen molar-refractivity contribution >= 4 is 26.8 Å². The molecular weight excluding hydrogens is 432 g/mol. The van der Waals surface area contributed by atoms with Crippen molar-refractivity contribution in [3.63, 3.8) is 0 Å². The van der Waals surface area contributed by atoms with Gasteiger partial charge in [0.1, 0.15) is 12.4 Å². The number of rotatable bonds is 7. The predicted octanol–water partition coefficient (Wildman–Crippen LogP) is 5.92. The summed E-state index contributed by atoms with van der Waals surface area (Å²) in [6, 6.07) is 23.4. The molecule has 0 radical (unpaired) electrons. The van der Waals surface area contributed by atoms with Crippen molar-refractivity contribution in [3.8, 4) is 5.75 Å². The molecule has 0 fully saturated rings. The third-order valence-electron chi connectivity index (χ3n) is 4.91. The summed E-state index contributed by atoms with van der Waals surface area (Å²) >= 11 is 3.51. The third-order valence-corrected chi connectivity index (χ3v) is 5.41. The van der Waals surface area contributed by atoms with Gasteiger partial charge in [-0.15, -0.1) is 0 Å². The van der Waals surface area contributed by atoms with E-state index in [-0.39, 0.29) is 11.5 Å². The Labute approximate surface area is 176 Å². The Kier molecular flexibility index (Phi) is 5.62. The lowest BCUT2D eigenvalue weighted by Crippen LogP contribution is -2.15. The number of aromatic nitrogens is 1. The van der Waals surface area contributed by atoms with Crippen LogP contribution in [0.15, 0.2) is 83.5 Å². The Morgan fingerprint density at radius 1 is 1.00 bits per heavy atom. The Morgan fingerprint density at radius 2 is 1.76 bits per heavy atom. The van der Waals surface area contributed by atoms with E-state index in [0.717, 1.165) is 32.1 Å². The monoisotopic (exact) mass is 450 g/mol. The van der Waals surface area contributed by atoms with Crippen LogP contribution >= 0.6 is 15.9 Å². The highest BCUT2D eigenvalue weighted by atomic mass is 79.9. The van der Waals surface area contributed by atoms with Gasteiger partial charge in [-0.1, -0.05) is 64.5 Å². The summed E-state index contributed by atoms with van der Waals surface area (Å²) in [5, 5.41) is 12.5. The smallest absolute Gasteiger partial charge is 0.214 e. The summed E-state index contributed by atoms with van der Waals surface area (Å²) < 4.78 is 6.95. The number of hydrogen-bond donors (Lipinski definition) is 1. The van der Waals surface area contributed by atoms with Crippen molar-refractivity contribution in [2.75, 3.05) is 6.54 Å². The van der Waals surface area contributed by atoms with Crippen LogP contribution in [0.4, 0.5) is 0 Å². The summed E-state index contributed by atoms with van der Waals surface area (Å²) in [5.41, 5.74) is 3.67. The van der Waals surface area contributed by atoms with Crippen LogP contribution in [0.25, 0.3) is 10.9 Å². The maximum absolute atomic E-state index is 11.5. The molecule has 6 heteroatoms. The first-order valence-electron chi connectivity index (χ1n) is 9.26. The molecule has 5 nitrogen and oxygen atoms in total. The Hall–Kier alpha value is -3.12. The zero-order valence-electron chi connectivity index (χ0n) is 15.5. The van der Waals surface area contributed by atoms with Gasteiger partial charge in [0.05, 0.1) is 5.92 Å². The van der Waals surface area contributed by atoms with Crippen LogP contribution in [-0.4, -0.2) is 16.5 Å². The van der Waals surface area contributed by atoms with E-state index < -0.39 is 5.92 Å². The van der Waals surface area contributed by atoms with Gasteiger partial charge in [0.25, 0.3) is 0 Å². The summed E-state index contributed by atoms with van der Waals surface area (Å²) in [6.45, 7) is 0.175. The molecule has 0 aliphatic heterocycles. The first-order chi connectivity index (χ1) is 14.1. The lowest BCUT2D eigenvalue weighted by atomic mass is 9.90. The van der Waals surface area contributed by atoms with Gasteiger partial charge in [0.2, 0.25) is 6.54 Å². The number of nitrogens with one attached hydrogen (secondary N) is 1. The molecule has 0 saturated carbocycles. The van der Waals surface area contributed by atoms with Gasteiger partial charge in [-0.3, -0.25) is 10.1 Å². The minimum atomic E-state index is -0.440. The molecule has 4 rings (SSSR count). The number of halogens is 1. The SMILES string of the molecule is O=[N+]([O-])C[C@@H](c1cc(Br)ccc1OCc1ccccc1)c1c[nH]c2ccccc12. The van der Waals surface area contributed by atoms with Gasteiger partial charge in [0, 0.05) is 32.1 Å². The van der Waals surface area contributed by atoms with Gasteiger partial charge in [-0.25, -0.2) is 0 Å². The topological polar surface area (TPSA) is 68.2 Å². The molecule has 0 aliphatic carbocycles. The first-order valence-corrected chi connectivity index (χ1v) is 10.0.